The lowest BCUT2D eigenvalue weighted by atomic mass is 9.74. The van der Waals surface area contributed by atoms with E-state index in [0.717, 1.165) is 37.4 Å². The summed E-state index contributed by atoms with van der Waals surface area (Å²) in [6.45, 7) is 7.27. The van der Waals surface area contributed by atoms with Crippen LogP contribution in [0, 0.1) is 17.8 Å². The molecule has 0 bridgehead atoms. The van der Waals surface area contributed by atoms with Gasteiger partial charge in [0.05, 0.1) is 6.61 Å². The number of unbranched alkanes of at least 4 members (excludes halogenated alkanes) is 1. The van der Waals surface area contributed by atoms with Crippen molar-refractivity contribution in [2.75, 3.05) is 32.8 Å². The third-order valence-corrected chi connectivity index (χ3v) is 6.57. The van der Waals surface area contributed by atoms with Crippen LogP contribution in [0.15, 0.2) is 24.3 Å². The van der Waals surface area contributed by atoms with Crippen LogP contribution in [-0.4, -0.2) is 59.8 Å². The van der Waals surface area contributed by atoms with E-state index in [2.05, 4.69) is 52.8 Å². The van der Waals surface area contributed by atoms with Gasteiger partial charge >= 0.3 is 0 Å². The second kappa shape index (κ2) is 8.78. The van der Waals surface area contributed by atoms with Gasteiger partial charge in [0.25, 0.3) is 0 Å². The molecule has 3 nitrogen and oxygen atoms in total. The largest absolute Gasteiger partial charge is 0.395 e. The maximum absolute atomic E-state index is 10.1. The lowest BCUT2D eigenvalue weighted by Crippen LogP contribution is -2.67. The average Bonchev–Trinajstić information content (AvgIpc) is 3.48. The first-order valence-electron chi connectivity index (χ1n) is 11.0. The molecule has 2 aliphatic heterocycles. The Hall–Kier alpha value is -1.34. The molecular formula is C24H34N2O. The predicted octanol–water partition coefficient (Wildman–Crippen LogP) is 3.47. The lowest BCUT2D eigenvalue weighted by Gasteiger charge is -2.57. The molecule has 2 saturated heterocycles. The lowest BCUT2D eigenvalue weighted by molar-refractivity contribution is -0.0649. The Bertz CT molecular complexity index is 670. The maximum Gasteiger partial charge on any atom is 0.0593 e. The quantitative estimate of drug-likeness (QED) is 0.809. The van der Waals surface area contributed by atoms with Crippen LogP contribution in [0.25, 0.3) is 0 Å². The molecule has 1 aliphatic carbocycles. The highest BCUT2D eigenvalue weighted by Gasteiger charge is 2.49. The molecule has 3 atom stereocenters. The summed E-state index contributed by atoms with van der Waals surface area (Å²) in [6, 6.07) is 9.68. The number of benzene rings is 1. The summed E-state index contributed by atoms with van der Waals surface area (Å²) in [5.74, 6) is 7.90. The summed E-state index contributed by atoms with van der Waals surface area (Å²) in [5.41, 5.74) is 2.49. The van der Waals surface area contributed by atoms with Crippen LogP contribution in [0.4, 0.5) is 0 Å². The molecular weight excluding hydrogens is 332 g/mol. The number of hydrogen-bond donors (Lipinski definition) is 1. The highest BCUT2D eigenvalue weighted by molar-refractivity contribution is 5.39. The van der Waals surface area contributed by atoms with Crippen LogP contribution in [0.3, 0.4) is 0 Å². The highest BCUT2D eigenvalue weighted by atomic mass is 16.3. The molecule has 0 radical (unpaired) electrons. The summed E-state index contributed by atoms with van der Waals surface area (Å²) in [6.07, 6.45) is 7.48. The van der Waals surface area contributed by atoms with Crippen molar-refractivity contribution in [1.29, 1.82) is 0 Å². The fraction of sp³-hybridized carbons (Fsp3) is 0.667. The Balaban J connectivity index is 1.48. The molecule has 1 aromatic rings. The number of rotatable bonds is 5. The van der Waals surface area contributed by atoms with E-state index in [1.165, 1.54) is 44.3 Å². The molecule has 146 valence electrons. The summed E-state index contributed by atoms with van der Waals surface area (Å²) in [4.78, 5) is 5.29. The summed E-state index contributed by atoms with van der Waals surface area (Å²) >= 11 is 0. The summed E-state index contributed by atoms with van der Waals surface area (Å²) < 4.78 is 0. The van der Waals surface area contributed by atoms with E-state index in [1.807, 2.05) is 0 Å². The minimum atomic E-state index is 0.266. The summed E-state index contributed by atoms with van der Waals surface area (Å²) in [7, 11) is 0. The van der Waals surface area contributed by atoms with E-state index in [0.29, 0.717) is 12.0 Å². The minimum Gasteiger partial charge on any atom is -0.395 e. The monoisotopic (exact) mass is 366 g/mol. The van der Waals surface area contributed by atoms with E-state index in [-0.39, 0.29) is 12.6 Å². The van der Waals surface area contributed by atoms with Crippen molar-refractivity contribution in [2.24, 2.45) is 5.92 Å². The number of aliphatic hydroxyl groups is 1. The Morgan fingerprint density at radius 1 is 1.11 bits per heavy atom. The number of hydrogen-bond acceptors (Lipinski definition) is 3. The molecule has 3 aliphatic rings. The molecule has 1 saturated carbocycles. The molecule has 3 fully saturated rings. The smallest absolute Gasteiger partial charge is 0.0593 e. The number of aliphatic hydroxyl groups excluding tert-OH is 1. The van der Waals surface area contributed by atoms with Crippen LogP contribution in [0.1, 0.15) is 62.5 Å². The molecule has 4 rings (SSSR count). The standard InChI is InChI=1S/C24H34N2O/c1-2-3-4-7-19-10-12-21(13-11-19)24-22-17-25(16-20-8-9-20)14-5-6-15-26(22)23(24)18-27/h10-13,20,22-24,27H,2-3,5-6,8-9,14-18H2,1H3/t22-,23-,24+/m1/s1. The molecule has 2 heterocycles. The summed E-state index contributed by atoms with van der Waals surface area (Å²) in [5, 5.41) is 10.1. The fourth-order valence-electron chi connectivity index (χ4n) is 4.92. The Morgan fingerprint density at radius 2 is 1.89 bits per heavy atom. The molecule has 0 unspecified atom stereocenters. The molecule has 3 heteroatoms. The van der Waals surface area contributed by atoms with Crippen LogP contribution in [0.5, 0.6) is 0 Å². The van der Waals surface area contributed by atoms with Crippen molar-refractivity contribution in [1.82, 2.24) is 9.80 Å². The first kappa shape index (κ1) is 19.0. The zero-order chi connectivity index (χ0) is 18.6. The SMILES string of the molecule is CCCC#Cc1ccc([C@@H]2[C@@H](CO)N3CCCCN(CC4CC4)C[C@H]23)cc1. The first-order chi connectivity index (χ1) is 13.3. The molecule has 0 spiro atoms. The topological polar surface area (TPSA) is 26.7 Å². The zero-order valence-electron chi connectivity index (χ0n) is 16.7. The number of nitrogens with zero attached hydrogens (tertiary/aromatic N) is 2. The molecule has 27 heavy (non-hydrogen) atoms. The zero-order valence-corrected chi connectivity index (χ0v) is 16.7. The third kappa shape index (κ3) is 4.40. The van der Waals surface area contributed by atoms with Crippen molar-refractivity contribution in [2.45, 2.75) is 63.5 Å². The second-order valence-electron chi connectivity index (χ2n) is 8.66. The molecule has 0 amide bonds. The first-order valence-corrected chi connectivity index (χ1v) is 11.0. The van der Waals surface area contributed by atoms with E-state index < -0.39 is 0 Å². The van der Waals surface area contributed by atoms with Gasteiger partial charge in [-0.15, -0.1) is 0 Å². The van der Waals surface area contributed by atoms with Gasteiger partial charge in [-0.2, -0.15) is 0 Å². The van der Waals surface area contributed by atoms with Crippen LogP contribution < -0.4 is 0 Å². The van der Waals surface area contributed by atoms with Gasteiger partial charge in [-0.3, -0.25) is 4.90 Å². The van der Waals surface area contributed by atoms with E-state index in [4.69, 9.17) is 0 Å². The molecule has 0 aromatic heterocycles. The molecule has 1 aromatic carbocycles. The molecule has 1 N–H and O–H groups in total. The van der Waals surface area contributed by atoms with Gasteiger partial charge in [0.15, 0.2) is 0 Å². The Kier molecular flexibility index (Phi) is 6.18. The van der Waals surface area contributed by atoms with Crippen molar-refractivity contribution >= 4 is 0 Å². The van der Waals surface area contributed by atoms with Gasteiger partial charge in [0.1, 0.15) is 0 Å². The Morgan fingerprint density at radius 3 is 2.59 bits per heavy atom. The van der Waals surface area contributed by atoms with Gasteiger partial charge in [0, 0.05) is 43.1 Å². The van der Waals surface area contributed by atoms with Crippen molar-refractivity contribution in [3.05, 3.63) is 35.4 Å². The number of fused-ring (bicyclic) bond motifs is 1. The van der Waals surface area contributed by atoms with Crippen molar-refractivity contribution in [3.63, 3.8) is 0 Å². The third-order valence-electron chi connectivity index (χ3n) is 6.57. The maximum atomic E-state index is 10.1. The van der Waals surface area contributed by atoms with Crippen molar-refractivity contribution < 1.29 is 5.11 Å². The van der Waals surface area contributed by atoms with Gasteiger partial charge in [0.2, 0.25) is 0 Å². The van der Waals surface area contributed by atoms with Crippen LogP contribution in [-0.2, 0) is 0 Å². The van der Waals surface area contributed by atoms with Gasteiger partial charge in [-0.1, -0.05) is 30.9 Å². The van der Waals surface area contributed by atoms with Gasteiger partial charge < -0.3 is 10.0 Å². The second-order valence-corrected chi connectivity index (χ2v) is 8.66. The van der Waals surface area contributed by atoms with E-state index in [1.54, 1.807) is 0 Å². The Labute approximate surface area is 164 Å². The van der Waals surface area contributed by atoms with Crippen molar-refractivity contribution in [3.8, 4) is 11.8 Å². The highest BCUT2D eigenvalue weighted by Crippen LogP contribution is 2.42. The minimum absolute atomic E-state index is 0.266. The fourth-order valence-corrected chi connectivity index (χ4v) is 4.92. The predicted molar refractivity (Wildman–Crippen MR) is 111 cm³/mol. The van der Waals surface area contributed by atoms with Gasteiger partial charge in [-0.05, 0) is 68.8 Å². The van der Waals surface area contributed by atoms with Crippen LogP contribution in [0.2, 0.25) is 0 Å². The van der Waals surface area contributed by atoms with E-state index >= 15 is 0 Å². The van der Waals surface area contributed by atoms with Crippen LogP contribution >= 0.6 is 0 Å². The van der Waals surface area contributed by atoms with E-state index in [9.17, 15) is 5.11 Å². The average molecular weight is 367 g/mol. The normalized spacial score (nSPS) is 29.0. The van der Waals surface area contributed by atoms with Gasteiger partial charge in [-0.25, -0.2) is 0 Å².